The zero-order valence-corrected chi connectivity index (χ0v) is 13.9. The summed E-state index contributed by atoms with van der Waals surface area (Å²) in [6.45, 7) is 3.67. The lowest BCUT2D eigenvalue weighted by Crippen LogP contribution is -2.30. The zero-order valence-electron chi connectivity index (χ0n) is 12.4. The summed E-state index contributed by atoms with van der Waals surface area (Å²) in [4.78, 5) is 14.7. The van der Waals surface area contributed by atoms with Crippen LogP contribution in [0.1, 0.15) is 55.3 Å². The molecule has 21 heavy (non-hydrogen) atoms. The molecule has 0 bridgehead atoms. The number of ketones is 1. The molecule has 116 valence electrons. The molecule has 0 radical (unpaired) electrons. The number of benzene rings is 1. The van der Waals surface area contributed by atoms with Crippen LogP contribution in [0.15, 0.2) is 18.2 Å². The van der Waals surface area contributed by atoms with Gasteiger partial charge in [-0.3, -0.25) is 4.79 Å². The van der Waals surface area contributed by atoms with Gasteiger partial charge in [-0.05, 0) is 63.5 Å². The molecule has 0 atom stereocenters. The highest BCUT2D eigenvalue weighted by atomic mass is 35.5. The second-order valence-electron chi connectivity index (χ2n) is 5.76. The second kappa shape index (κ2) is 8.77. The maximum Gasteiger partial charge on any atom is 0.164 e. The van der Waals surface area contributed by atoms with E-state index in [2.05, 4.69) is 4.90 Å². The molecule has 1 aliphatic heterocycles. The Labute approximate surface area is 137 Å². The molecule has 1 fully saturated rings. The normalized spacial score (nSPS) is 16.1. The minimum Gasteiger partial charge on any atom is -0.303 e. The SMILES string of the molecule is O=C(CCCCCN1CCCCC1)c1cc(Cl)ccc1Cl. The minimum atomic E-state index is 0.0977. The van der Waals surface area contributed by atoms with Gasteiger partial charge in [0.25, 0.3) is 0 Å². The first-order valence-electron chi connectivity index (χ1n) is 7.87. The molecule has 1 heterocycles. The number of hydrogen-bond donors (Lipinski definition) is 0. The minimum absolute atomic E-state index is 0.0977. The Morgan fingerprint density at radius 3 is 2.57 bits per heavy atom. The van der Waals surface area contributed by atoms with Gasteiger partial charge in [0, 0.05) is 17.0 Å². The van der Waals surface area contributed by atoms with Crippen LogP contribution in [-0.4, -0.2) is 30.3 Å². The molecule has 0 aliphatic carbocycles. The zero-order chi connectivity index (χ0) is 15.1. The molecule has 0 spiro atoms. The summed E-state index contributed by atoms with van der Waals surface area (Å²) in [6, 6.07) is 5.06. The molecule has 0 saturated carbocycles. The first-order valence-corrected chi connectivity index (χ1v) is 8.63. The average molecular weight is 328 g/mol. The van der Waals surface area contributed by atoms with Crippen molar-refractivity contribution in [3.05, 3.63) is 33.8 Å². The van der Waals surface area contributed by atoms with E-state index >= 15 is 0 Å². The lowest BCUT2D eigenvalue weighted by atomic mass is 10.0. The monoisotopic (exact) mass is 327 g/mol. The van der Waals surface area contributed by atoms with E-state index in [1.165, 1.54) is 45.3 Å². The second-order valence-corrected chi connectivity index (χ2v) is 6.60. The number of piperidine rings is 1. The fraction of sp³-hybridized carbons (Fsp3) is 0.588. The maximum absolute atomic E-state index is 12.1. The van der Waals surface area contributed by atoms with Crippen LogP contribution >= 0.6 is 23.2 Å². The van der Waals surface area contributed by atoms with Crippen LogP contribution in [0.25, 0.3) is 0 Å². The van der Waals surface area contributed by atoms with Gasteiger partial charge in [-0.15, -0.1) is 0 Å². The van der Waals surface area contributed by atoms with Gasteiger partial charge in [-0.25, -0.2) is 0 Å². The largest absolute Gasteiger partial charge is 0.303 e. The summed E-state index contributed by atoms with van der Waals surface area (Å²) in [5.41, 5.74) is 0.556. The molecular formula is C17H23Cl2NO. The molecule has 2 nitrogen and oxygen atoms in total. The summed E-state index contributed by atoms with van der Waals surface area (Å²) in [6.07, 6.45) is 7.81. The van der Waals surface area contributed by atoms with Crippen molar-refractivity contribution in [2.24, 2.45) is 0 Å². The summed E-state index contributed by atoms with van der Waals surface area (Å²) in [5.74, 6) is 0.0977. The van der Waals surface area contributed by atoms with Gasteiger partial charge in [-0.2, -0.15) is 0 Å². The van der Waals surface area contributed by atoms with E-state index in [9.17, 15) is 4.79 Å². The average Bonchev–Trinajstić information content (AvgIpc) is 2.50. The van der Waals surface area contributed by atoms with Gasteiger partial charge < -0.3 is 4.90 Å². The molecule has 0 amide bonds. The van der Waals surface area contributed by atoms with E-state index in [0.29, 0.717) is 22.0 Å². The number of unbranched alkanes of at least 4 members (excludes halogenated alkanes) is 2. The molecule has 1 saturated heterocycles. The number of halogens is 2. The quantitative estimate of drug-likeness (QED) is 0.505. The number of hydrogen-bond acceptors (Lipinski definition) is 2. The summed E-state index contributed by atoms with van der Waals surface area (Å²) in [7, 11) is 0. The molecule has 2 rings (SSSR count). The standard InChI is InChI=1S/C17H23Cl2NO/c18-14-8-9-16(19)15(13-14)17(21)7-3-1-4-10-20-11-5-2-6-12-20/h8-9,13H,1-7,10-12H2. The van der Waals surface area contributed by atoms with Crippen LogP contribution in [0.3, 0.4) is 0 Å². The van der Waals surface area contributed by atoms with Crippen molar-refractivity contribution in [2.75, 3.05) is 19.6 Å². The molecular weight excluding hydrogens is 305 g/mol. The third-order valence-electron chi connectivity index (χ3n) is 4.06. The number of carbonyl (C=O) groups is 1. The highest BCUT2D eigenvalue weighted by Gasteiger charge is 2.12. The Morgan fingerprint density at radius 1 is 1.05 bits per heavy atom. The number of likely N-dealkylation sites (tertiary alicyclic amines) is 1. The number of carbonyl (C=O) groups excluding carboxylic acids is 1. The van der Waals surface area contributed by atoms with Gasteiger partial charge in [0.2, 0.25) is 0 Å². The van der Waals surface area contributed by atoms with E-state index in [0.717, 1.165) is 12.8 Å². The van der Waals surface area contributed by atoms with Crippen LogP contribution in [-0.2, 0) is 0 Å². The third-order valence-corrected chi connectivity index (χ3v) is 4.62. The Hall–Kier alpha value is -0.570. The number of rotatable bonds is 7. The van der Waals surface area contributed by atoms with E-state index in [-0.39, 0.29) is 5.78 Å². The van der Waals surface area contributed by atoms with E-state index in [4.69, 9.17) is 23.2 Å². The molecule has 0 aromatic heterocycles. The van der Waals surface area contributed by atoms with Gasteiger partial charge in [0.1, 0.15) is 0 Å². The van der Waals surface area contributed by atoms with Crippen LogP contribution in [0.5, 0.6) is 0 Å². The lowest BCUT2D eigenvalue weighted by molar-refractivity contribution is 0.0978. The van der Waals surface area contributed by atoms with Crippen LogP contribution in [0, 0.1) is 0 Å². The van der Waals surface area contributed by atoms with Crippen LogP contribution in [0.4, 0.5) is 0 Å². The third kappa shape index (κ3) is 5.61. The van der Waals surface area contributed by atoms with Crippen molar-refractivity contribution in [1.29, 1.82) is 0 Å². The Bertz CT molecular complexity index is 470. The predicted octanol–water partition coefficient (Wildman–Crippen LogP) is 5.22. The van der Waals surface area contributed by atoms with Crippen molar-refractivity contribution in [1.82, 2.24) is 4.90 Å². The molecule has 1 aromatic carbocycles. The Balaban J connectivity index is 1.66. The van der Waals surface area contributed by atoms with Crippen LogP contribution in [0.2, 0.25) is 10.0 Å². The molecule has 4 heteroatoms. The maximum atomic E-state index is 12.1. The lowest BCUT2D eigenvalue weighted by Gasteiger charge is -2.26. The van der Waals surface area contributed by atoms with E-state index in [1.807, 2.05) is 0 Å². The topological polar surface area (TPSA) is 20.3 Å². The van der Waals surface area contributed by atoms with E-state index in [1.54, 1.807) is 18.2 Å². The van der Waals surface area contributed by atoms with Crippen molar-refractivity contribution in [3.8, 4) is 0 Å². The first-order chi connectivity index (χ1) is 10.2. The smallest absolute Gasteiger partial charge is 0.164 e. The van der Waals surface area contributed by atoms with Gasteiger partial charge >= 0.3 is 0 Å². The fourth-order valence-corrected chi connectivity index (χ4v) is 3.22. The molecule has 0 N–H and O–H groups in total. The first kappa shape index (κ1) is 16.8. The van der Waals surface area contributed by atoms with Gasteiger partial charge in [-0.1, -0.05) is 36.0 Å². The van der Waals surface area contributed by atoms with Crippen molar-refractivity contribution in [2.45, 2.75) is 44.9 Å². The predicted molar refractivity (Wildman–Crippen MR) is 89.6 cm³/mol. The number of nitrogens with zero attached hydrogens (tertiary/aromatic N) is 1. The summed E-state index contributed by atoms with van der Waals surface area (Å²) >= 11 is 12.0. The molecule has 1 aliphatic rings. The molecule has 1 aromatic rings. The van der Waals surface area contributed by atoms with Gasteiger partial charge in [0.05, 0.1) is 5.02 Å². The van der Waals surface area contributed by atoms with Crippen molar-refractivity contribution >= 4 is 29.0 Å². The van der Waals surface area contributed by atoms with Crippen LogP contribution < -0.4 is 0 Å². The summed E-state index contributed by atoms with van der Waals surface area (Å²) in [5, 5.41) is 1.06. The van der Waals surface area contributed by atoms with Crippen molar-refractivity contribution in [3.63, 3.8) is 0 Å². The highest BCUT2D eigenvalue weighted by Crippen LogP contribution is 2.22. The van der Waals surface area contributed by atoms with E-state index < -0.39 is 0 Å². The Morgan fingerprint density at radius 2 is 1.81 bits per heavy atom. The molecule has 0 unspecified atom stereocenters. The summed E-state index contributed by atoms with van der Waals surface area (Å²) < 4.78 is 0. The Kier molecular flexibility index (Phi) is 7.01. The van der Waals surface area contributed by atoms with Gasteiger partial charge in [0.15, 0.2) is 5.78 Å². The highest BCUT2D eigenvalue weighted by molar-refractivity contribution is 6.35. The van der Waals surface area contributed by atoms with Crippen molar-refractivity contribution < 1.29 is 4.79 Å². The fourth-order valence-electron chi connectivity index (χ4n) is 2.83. The number of Topliss-reactive ketones (excluding diaryl/α,β-unsaturated/α-hetero) is 1.